The highest BCUT2D eigenvalue weighted by molar-refractivity contribution is 5.76. The predicted octanol–water partition coefficient (Wildman–Crippen LogP) is 1.73. The van der Waals surface area contributed by atoms with Crippen LogP contribution in [0.15, 0.2) is 0 Å². The molecule has 1 fully saturated rings. The zero-order chi connectivity index (χ0) is 21.5. The van der Waals surface area contributed by atoms with Gasteiger partial charge < -0.3 is 15.4 Å². The Labute approximate surface area is 177 Å². The second kappa shape index (κ2) is 15.6. The van der Waals surface area contributed by atoms with Crippen LogP contribution >= 0.6 is 0 Å². The molecule has 1 aliphatic rings. The first-order valence-electron chi connectivity index (χ1n) is 11.4. The van der Waals surface area contributed by atoms with E-state index in [4.69, 9.17) is 4.74 Å². The third-order valence-corrected chi connectivity index (χ3v) is 5.23. The molecule has 1 saturated heterocycles. The first-order chi connectivity index (χ1) is 13.9. The van der Waals surface area contributed by atoms with Crippen LogP contribution in [0.2, 0.25) is 0 Å². The van der Waals surface area contributed by atoms with Crippen LogP contribution in [-0.4, -0.2) is 87.2 Å². The number of nitrogens with one attached hydrogen (secondary N) is 2. The first kappa shape index (κ1) is 25.9. The Morgan fingerprint density at radius 1 is 0.862 bits per heavy atom. The number of amides is 2. The van der Waals surface area contributed by atoms with Gasteiger partial charge in [0, 0.05) is 65.2 Å². The van der Waals surface area contributed by atoms with E-state index in [1.807, 2.05) is 0 Å². The highest BCUT2D eigenvalue weighted by atomic mass is 16.5. The van der Waals surface area contributed by atoms with E-state index in [0.717, 1.165) is 65.3 Å². The van der Waals surface area contributed by atoms with Crippen molar-refractivity contribution in [2.45, 2.75) is 53.4 Å². The van der Waals surface area contributed by atoms with E-state index in [0.29, 0.717) is 37.8 Å². The molecule has 0 atom stereocenters. The van der Waals surface area contributed by atoms with Crippen molar-refractivity contribution in [3.63, 3.8) is 0 Å². The van der Waals surface area contributed by atoms with Crippen LogP contribution in [-0.2, 0) is 14.3 Å². The molecule has 1 aliphatic heterocycles. The molecule has 2 N–H and O–H groups in total. The maximum Gasteiger partial charge on any atom is 0.220 e. The van der Waals surface area contributed by atoms with Gasteiger partial charge in [-0.25, -0.2) is 0 Å². The standard InChI is InChI=1S/C22H44N4O3/c1-19(2)5-7-21(27)23-9-11-25(13-14-26-15-17-29-18-16-26)12-10-24-22(28)8-6-20(3)4/h19-20H,5-18H2,1-4H3,(H,23,27)(H,24,28). The molecule has 1 rings (SSSR count). The van der Waals surface area contributed by atoms with Gasteiger partial charge in [0.25, 0.3) is 0 Å². The molecular weight excluding hydrogens is 368 g/mol. The van der Waals surface area contributed by atoms with Crippen molar-refractivity contribution in [1.29, 1.82) is 0 Å². The Bertz CT molecular complexity index is 421. The summed E-state index contributed by atoms with van der Waals surface area (Å²) < 4.78 is 5.42. The van der Waals surface area contributed by atoms with E-state index < -0.39 is 0 Å². The summed E-state index contributed by atoms with van der Waals surface area (Å²) >= 11 is 0. The Hall–Kier alpha value is -1.18. The van der Waals surface area contributed by atoms with Gasteiger partial charge in [0.15, 0.2) is 0 Å². The van der Waals surface area contributed by atoms with Gasteiger partial charge in [-0.15, -0.1) is 0 Å². The number of carbonyl (C=O) groups excluding carboxylic acids is 2. The van der Waals surface area contributed by atoms with Crippen molar-refractivity contribution in [2.24, 2.45) is 11.8 Å². The molecule has 0 bridgehead atoms. The molecule has 7 heteroatoms. The predicted molar refractivity (Wildman–Crippen MR) is 118 cm³/mol. The van der Waals surface area contributed by atoms with Crippen LogP contribution in [0, 0.1) is 11.8 Å². The molecule has 170 valence electrons. The van der Waals surface area contributed by atoms with Crippen molar-refractivity contribution in [3.8, 4) is 0 Å². The van der Waals surface area contributed by atoms with E-state index in [9.17, 15) is 9.59 Å². The summed E-state index contributed by atoms with van der Waals surface area (Å²) in [5.41, 5.74) is 0. The average Bonchev–Trinajstić information content (AvgIpc) is 2.69. The van der Waals surface area contributed by atoms with E-state index in [1.54, 1.807) is 0 Å². The maximum atomic E-state index is 12.0. The lowest BCUT2D eigenvalue weighted by molar-refractivity contribution is -0.122. The monoisotopic (exact) mass is 412 g/mol. The lowest BCUT2D eigenvalue weighted by Crippen LogP contribution is -2.45. The maximum absolute atomic E-state index is 12.0. The number of nitrogens with zero attached hydrogens (tertiary/aromatic N) is 2. The van der Waals surface area contributed by atoms with Crippen molar-refractivity contribution in [2.75, 3.05) is 65.6 Å². The zero-order valence-corrected chi connectivity index (χ0v) is 19.2. The average molecular weight is 413 g/mol. The summed E-state index contributed by atoms with van der Waals surface area (Å²) in [6, 6.07) is 0. The summed E-state index contributed by atoms with van der Waals surface area (Å²) in [6.45, 7) is 16.9. The van der Waals surface area contributed by atoms with E-state index in [2.05, 4.69) is 48.1 Å². The molecule has 1 heterocycles. The second-order valence-electron chi connectivity index (χ2n) is 8.86. The van der Waals surface area contributed by atoms with Gasteiger partial charge in [-0.3, -0.25) is 19.4 Å². The molecule has 0 radical (unpaired) electrons. The van der Waals surface area contributed by atoms with Crippen LogP contribution in [0.5, 0.6) is 0 Å². The lowest BCUT2D eigenvalue weighted by Gasteiger charge is -2.30. The van der Waals surface area contributed by atoms with Crippen molar-refractivity contribution in [1.82, 2.24) is 20.4 Å². The molecule has 7 nitrogen and oxygen atoms in total. The fourth-order valence-corrected chi connectivity index (χ4v) is 3.17. The van der Waals surface area contributed by atoms with Gasteiger partial charge in [0.2, 0.25) is 11.8 Å². The molecule has 0 spiro atoms. The molecule has 0 aromatic heterocycles. The third-order valence-electron chi connectivity index (χ3n) is 5.23. The second-order valence-corrected chi connectivity index (χ2v) is 8.86. The number of hydrogen-bond donors (Lipinski definition) is 2. The Balaban J connectivity index is 2.33. The largest absolute Gasteiger partial charge is 0.379 e. The fraction of sp³-hybridized carbons (Fsp3) is 0.909. The topological polar surface area (TPSA) is 73.9 Å². The summed E-state index contributed by atoms with van der Waals surface area (Å²) in [5.74, 6) is 1.36. The normalized spacial score (nSPS) is 15.3. The van der Waals surface area contributed by atoms with Crippen LogP contribution in [0.4, 0.5) is 0 Å². The number of ether oxygens (including phenoxy) is 1. The Kier molecular flexibility index (Phi) is 13.9. The van der Waals surface area contributed by atoms with E-state index >= 15 is 0 Å². The van der Waals surface area contributed by atoms with Crippen molar-refractivity contribution >= 4 is 11.8 Å². The smallest absolute Gasteiger partial charge is 0.220 e. The third kappa shape index (κ3) is 14.4. The SMILES string of the molecule is CC(C)CCC(=O)NCCN(CCNC(=O)CCC(C)C)CCN1CCOCC1. The molecule has 0 unspecified atom stereocenters. The van der Waals surface area contributed by atoms with Crippen LogP contribution < -0.4 is 10.6 Å². The van der Waals surface area contributed by atoms with Gasteiger partial charge in [0.05, 0.1) is 13.2 Å². The minimum Gasteiger partial charge on any atom is -0.379 e. The Morgan fingerprint density at radius 3 is 1.79 bits per heavy atom. The number of morpholine rings is 1. The minimum absolute atomic E-state index is 0.133. The summed E-state index contributed by atoms with van der Waals surface area (Å²) in [7, 11) is 0. The Morgan fingerprint density at radius 2 is 1.34 bits per heavy atom. The summed E-state index contributed by atoms with van der Waals surface area (Å²) in [4.78, 5) is 28.7. The summed E-state index contributed by atoms with van der Waals surface area (Å²) in [5, 5.41) is 6.07. The number of carbonyl (C=O) groups is 2. The van der Waals surface area contributed by atoms with Crippen LogP contribution in [0.25, 0.3) is 0 Å². The van der Waals surface area contributed by atoms with Gasteiger partial charge in [-0.05, 0) is 24.7 Å². The fourth-order valence-electron chi connectivity index (χ4n) is 3.17. The molecule has 0 aromatic rings. The molecular formula is C22H44N4O3. The molecule has 2 amide bonds. The van der Waals surface area contributed by atoms with E-state index in [-0.39, 0.29) is 11.8 Å². The highest BCUT2D eigenvalue weighted by Gasteiger charge is 2.13. The van der Waals surface area contributed by atoms with Gasteiger partial charge in [0.1, 0.15) is 0 Å². The van der Waals surface area contributed by atoms with E-state index in [1.165, 1.54) is 0 Å². The first-order valence-corrected chi connectivity index (χ1v) is 11.4. The summed E-state index contributed by atoms with van der Waals surface area (Å²) in [6.07, 6.45) is 3.04. The minimum atomic E-state index is 0.133. The molecule has 0 aromatic carbocycles. The lowest BCUT2D eigenvalue weighted by atomic mass is 10.1. The zero-order valence-electron chi connectivity index (χ0n) is 19.2. The molecule has 0 saturated carbocycles. The quantitative estimate of drug-likeness (QED) is 0.428. The van der Waals surface area contributed by atoms with Crippen LogP contribution in [0.1, 0.15) is 53.4 Å². The molecule has 29 heavy (non-hydrogen) atoms. The number of hydrogen-bond acceptors (Lipinski definition) is 5. The van der Waals surface area contributed by atoms with Gasteiger partial charge >= 0.3 is 0 Å². The van der Waals surface area contributed by atoms with Crippen molar-refractivity contribution in [3.05, 3.63) is 0 Å². The van der Waals surface area contributed by atoms with Crippen LogP contribution in [0.3, 0.4) is 0 Å². The van der Waals surface area contributed by atoms with Crippen molar-refractivity contribution < 1.29 is 14.3 Å². The molecule has 0 aliphatic carbocycles. The van der Waals surface area contributed by atoms with Gasteiger partial charge in [-0.1, -0.05) is 27.7 Å². The number of rotatable bonds is 15. The van der Waals surface area contributed by atoms with Gasteiger partial charge in [-0.2, -0.15) is 0 Å². The highest BCUT2D eigenvalue weighted by Crippen LogP contribution is 2.03.